The zero-order valence-electron chi connectivity index (χ0n) is 18.9. The van der Waals surface area contributed by atoms with Gasteiger partial charge in [-0.2, -0.15) is 0 Å². The van der Waals surface area contributed by atoms with Gasteiger partial charge in [0.05, 0.1) is 28.7 Å². The van der Waals surface area contributed by atoms with Crippen molar-refractivity contribution in [3.05, 3.63) is 52.8 Å². The van der Waals surface area contributed by atoms with Gasteiger partial charge in [0.25, 0.3) is 0 Å². The molecule has 1 fully saturated rings. The van der Waals surface area contributed by atoms with Crippen LogP contribution in [-0.4, -0.2) is 43.7 Å². The summed E-state index contributed by atoms with van der Waals surface area (Å²) in [7, 11) is 0. The van der Waals surface area contributed by atoms with E-state index in [1.807, 2.05) is 19.1 Å². The molecule has 3 aromatic rings. The Morgan fingerprint density at radius 1 is 1.21 bits per heavy atom. The molecule has 3 N–H and O–H groups in total. The van der Waals surface area contributed by atoms with Crippen LogP contribution >= 0.6 is 11.3 Å². The number of esters is 1. The molecule has 0 aliphatic heterocycles. The number of carbonyl (C=O) groups excluding carboxylic acids is 1. The van der Waals surface area contributed by atoms with Crippen LogP contribution in [0.2, 0.25) is 0 Å². The van der Waals surface area contributed by atoms with Crippen molar-refractivity contribution in [2.24, 2.45) is 5.92 Å². The first kappa shape index (κ1) is 23.8. The fourth-order valence-corrected chi connectivity index (χ4v) is 5.06. The topological polar surface area (TPSA) is 135 Å². The fraction of sp³-hybridized carbons (Fsp3) is 0.375. The SMILES string of the molecule is CCOC(=O)C1CCC(O)(c2ncc(-c3cc(C)cc(Nc4cc(C(=O)O)ccn4)n3)s2)CC1. The highest BCUT2D eigenvalue weighted by Crippen LogP contribution is 2.42. The van der Waals surface area contributed by atoms with Crippen LogP contribution in [0.5, 0.6) is 0 Å². The van der Waals surface area contributed by atoms with Crippen molar-refractivity contribution in [3.63, 3.8) is 0 Å². The molecule has 0 amide bonds. The van der Waals surface area contributed by atoms with E-state index in [9.17, 15) is 19.8 Å². The Kier molecular flexibility index (Phi) is 6.90. The van der Waals surface area contributed by atoms with Gasteiger partial charge >= 0.3 is 11.9 Å². The molecule has 34 heavy (non-hydrogen) atoms. The van der Waals surface area contributed by atoms with E-state index in [0.717, 1.165) is 10.4 Å². The van der Waals surface area contributed by atoms with Crippen molar-refractivity contribution >= 4 is 34.9 Å². The highest BCUT2D eigenvalue weighted by molar-refractivity contribution is 7.15. The maximum Gasteiger partial charge on any atom is 0.335 e. The second kappa shape index (κ2) is 9.86. The van der Waals surface area contributed by atoms with Gasteiger partial charge in [-0.05, 0) is 69.4 Å². The van der Waals surface area contributed by atoms with E-state index in [4.69, 9.17) is 4.74 Å². The number of aryl methyl sites for hydroxylation is 1. The molecule has 0 unspecified atom stereocenters. The van der Waals surface area contributed by atoms with Crippen LogP contribution in [0.15, 0.2) is 36.7 Å². The second-order valence-corrected chi connectivity index (χ2v) is 9.39. The van der Waals surface area contributed by atoms with Gasteiger partial charge in [-0.1, -0.05) is 0 Å². The Hall–Kier alpha value is -3.37. The van der Waals surface area contributed by atoms with Crippen LogP contribution in [-0.2, 0) is 15.1 Å². The van der Waals surface area contributed by atoms with Crippen LogP contribution in [0.25, 0.3) is 10.6 Å². The molecule has 1 aliphatic carbocycles. The van der Waals surface area contributed by atoms with Gasteiger partial charge in [0, 0.05) is 12.4 Å². The first-order chi connectivity index (χ1) is 16.3. The smallest absolute Gasteiger partial charge is 0.335 e. The summed E-state index contributed by atoms with van der Waals surface area (Å²) in [6.07, 6.45) is 5.14. The number of thiazole rings is 1. The number of pyridine rings is 2. The molecular weight excluding hydrogens is 456 g/mol. The lowest BCUT2D eigenvalue weighted by Gasteiger charge is -2.33. The number of anilines is 2. The first-order valence-electron chi connectivity index (χ1n) is 11.1. The third-order valence-electron chi connectivity index (χ3n) is 5.82. The predicted octanol–water partition coefficient (Wildman–Crippen LogP) is 4.29. The van der Waals surface area contributed by atoms with Crippen molar-refractivity contribution in [2.45, 2.75) is 45.1 Å². The summed E-state index contributed by atoms with van der Waals surface area (Å²) in [5, 5.41) is 24.1. The number of hydrogen-bond acceptors (Lipinski definition) is 9. The second-order valence-electron chi connectivity index (χ2n) is 8.36. The molecular formula is C24H26N4O5S. The quantitative estimate of drug-likeness (QED) is 0.421. The standard InChI is InChI=1S/C24H26N4O5S/c1-3-33-22(31)15-4-7-24(32,8-5-15)23-26-13-18(34-23)17-10-14(2)11-20(27-17)28-19-12-16(21(29)30)6-9-25-19/h6,9-13,15,32H,3-5,7-8H2,1-2H3,(H,29,30)(H,25,27,28). The summed E-state index contributed by atoms with van der Waals surface area (Å²) >= 11 is 1.38. The lowest BCUT2D eigenvalue weighted by atomic mass is 9.79. The third kappa shape index (κ3) is 5.23. The number of hydrogen-bond donors (Lipinski definition) is 3. The Labute approximate surface area is 200 Å². The van der Waals surface area contributed by atoms with Crippen LogP contribution in [0.4, 0.5) is 11.6 Å². The van der Waals surface area contributed by atoms with Gasteiger partial charge in [-0.15, -0.1) is 11.3 Å². The van der Waals surface area contributed by atoms with Gasteiger partial charge in [-0.3, -0.25) is 4.79 Å². The van der Waals surface area contributed by atoms with Crippen molar-refractivity contribution in [2.75, 3.05) is 11.9 Å². The van der Waals surface area contributed by atoms with E-state index in [2.05, 4.69) is 20.3 Å². The van der Waals surface area contributed by atoms with E-state index < -0.39 is 11.6 Å². The summed E-state index contributed by atoms with van der Waals surface area (Å²) < 4.78 is 5.12. The van der Waals surface area contributed by atoms with Crippen LogP contribution in [0.1, 0.15) is 53.5 Å². The molecule has 0 radical (unpaired) electrons. The van der Waals surface area contributed by atoms with Gasteiger partial charge in [-0.25, -0.2) is 19.7 Å². The number of nitrogens with one attached hydrogen (secondary N) is 1. The summed E-state index contributed by atoms with van der Waals surface area (Å²) in [6, 6.07) is 6.63. The van der Waals surface area contributed by atoms with Gasteiger partial charge in [0.1, 0.15) is 22.2 Å². The minimum Gasteiger partial charge on any atom is -0.478 e. The number of aromatic carboxylic acids is 1. The molecule has 3 aromatic heterocycles. The molecule has 0 spiro atoms. The Bertz CT molecular complexity index is 1200. The van der Waals surface area contributed by atoms with Crippen molar-refractivity contribution in [1.82, 2.24) is 15.0 Å². The largest absolute Gasteiger partial charge is 0.478 e. The average molecular weight is 483 g/mol. The Balaban J connectivity index is 1.51. The monoisotopic (exact) mass is 482 g/mol. The minimum absolute atomic E-state index is 0.128. The zero-order valence-corrected chi connectivity index (χ0v) is 19.8. The third-order valence-corrected chi connectivity index (χ3v) is 7.03. The zero-order chi connectivity index (χ0) is 24.3. The normalized spacial score (nSPS) is 20.0. The highest BCUT2D eigenvalue weighted by Gasteiger charge is 2.39. The summed E-state index contributed by atoms with van der Waals surface area (Å²) in [5.41, 5.74) is 0.691. The molecule has 0 saturated heterocycles. The number of carboxylic acid groups (broad SMARTS) is 1. The molecule has 4 rings (SSSR count). The van der Waals surface area contributed by atoms with E-state index in [0.29, 0.717) is 54.6 Å². The number of carboxylic acids is 1. The van der Waals surface area contributed by atoms with Crippen molar-refractivity contribution in [1.29, 1.82) is 0 Å². The number of aromatic nitrogens is 3. The van der Waals surface area contributed by atoms with Crippen LogP contribution in [0.3, 0.4) is 0 Å². The molecule has 1 saturated carbocycles. The first-order valence-corrected chi connectivity index (χ1v) is 11.9. The summed E-state index contributed by atoms with van der Waals surface area (Å²) in [4.78, 5) is 37.3. The fourth-order valence-electron chi connectivity index (χ4n) is 4.03. The van der Waals surface area contributed by atoms with E-state index in [1.54, 1.807) is 13.1 Å². The lowest BCUT2D eigenvalue weighted by molar-refractivity contribution is -0.151. The van der Waals surface area contributed by atoms with Gasteiger partial charge in [0.2, 0.25) is 0 Å². The average Bonchev–Trinajstić information content (AvgIpc) is 3.31. The van der Waals surface area contributed by atoms with Crippen LogP contribution < -0.4 is 5.32 Å². The van der Waals surface area contributed by atoms with Crippen LogP contribution in [0, 0.1) is 12.8 Å². The molecule has 0 aromatic carbocycles. The van der Waals surface area contributed by atoms with Crippen molar-refractivity contribution in [3.8, 4) is 10.6 Å². The summed E-state index contributed by atoms with van der Waals surface area (Å²) in [6.45, 7) is 4.08. The number of rotatable bonds is 7. The highest BCUT2D eigenvalue weighted by atomic mass is 32.1. The molecule has 178 valence electrons. The summed E-state index contributed by atoms with van der Waals surface area (Å²) in [5.74, 6) is -0.512. The number of aliphatic hydroxyl groups is 1. The number of nitrogens with zero attached hydrogens (tertiary/aromatic N) is 3. The van der Waals surface area contributed by atoms with Gasteiger partial charge in [0.15, 0.2) is 0 Å². The molecule has 9 nitrogen and oxygen atoms in total. The number of carbonyl (C=O) groups is 2. The maximum absolute atomic E-state index is 12.0. The van der Waals surface area contributed by atoms with E-state index in [1.165, 1.54) is 29.7 Å². The lowest BCUT2D eigenvalue weighted by Crippen LogP contribution is -2.34. The molecule has 10 heteroatoms. The Morgan fingerprint density at radius 3 is 2.68 bits per heavy atom. The molecule has 3 heterocycles. The molecule has 1 aliphatic rings. The molecule has 0 atom stereocenters. The maximum atomic E-state index is 12.0. The number of ether oxygens (including phenoxy) is 1. The van der Waals surface area contributed by atoms with E-state index >= 15 is 0 Å². The molecule has 0 bridgehead atoms. The van der Waals surface area contributed by atoms with Gasteiger partial charge < -0.3 is 20.3 Å². The van der Waals surface area contributed by atoms with E-state index in [-0.39, 0.29) is 17.5 Å². The Morgan fingerprint density at radius 2 is 1.97 bits per heavy atom. The minimum atomic E-state index is -1.07. The predicted molar refractivity (Wildman–Crippen MR) is 127 cm³/mol. The van der Waals surface area contributed by atoms with Crippen molar-refractivity contribution < 1.29 is 24.5 Å².